The highest BCUT2D eigenvalue weighted by atomic mass is 16.6. The lowest BCUT2D eigenvalue weighted by molar-refractivity contribution is -0.385. The molecule has 1 aromatic rings. The number of aliphatic hydroxyl groups excluding tert-OH is 1. The molecule has 7 nitrogen and oxygen atoms in total. The first-order chi connectivity index (χ1) is 8.45. The van der Waals surface area contributed by atoms with Crippen LogP contribution in [-0.4, -0.2) is 48.4 Å². The molecule has 0 aliphatic carbocycles. The molecule has 100 valence electrons. The van der Waals surface area contributed by atoms with E-state index in [1.165, 1.54) is 13.2 Å². The Kier molecular flexibility index (Phi) is 4.99. The summed E-state index contributed by atoms with van der Waals surface area (Å²) in [5.41, 5.74) is 0.343. The van der Waals surface area contributed by atoms with E-state index < -0.39 is 11.0 Å². The van der Waals surface area contributed by atoms with Crippen LogP contribution < -0.4 is 4.90 Å². The molecule has 1 N–H and O–H groups in total. The number of likely N-dealkylation sites (N-methyl/N-ethyl adjacent to an activating group) is 1. The predicted molar refractivity (Wildman–Crippen MR) is 66.8 cm³/mol. The maximum atomic E-state index is 10.7. The van der Waals surface area contributed by atoms with Gasteiger partial charge in [-0.3, -0.25) is 10.1 Å². The summed E-state index contributed by atoms with van der Waals surface area (Å²) in [6.45, 7) is 2.16. The van der Waals surface area contributed by atoms with Gasteiger partial charge in [0.15, 0.2) is 0 Å². The molecule has 7 heteroatoms. The fourth-order valence-electron chi connectivity index (χ4n) is 1.60. The average molecular weight is 255 g/mol. The maximum absolute atomic E-state index is 10.7. The van der Waals surface area contributed by atoms with Crippen LogP contribution in [0.25, 0.3) is 0 Å². The lowest BCUT2D eigenvalue weighted by atomic mass is 10.3. The van der Waals surface area contributed by atoms with Gasteiger partial charge in [0.1, 0.15) is 11.5 Å². The molecule has 0 amide bonds. The standard InChI is InChI=1S/C11H17N3O4/c1-8-10(14(16)17)4-5-11(12-8)13(2)6-9(15)7-18-3/h4-5,9,15H,6-7H2,1-3H3. The molecule has 18 heavy (non-hydrogen) atoms. The molecule has 0 saturated heterocycles. The predicted octanol–water partition coefficient (Wildman–Crippen LogP) is 0.742. The second-order valence-corrected chi connectivity index (χ2v) is 4.02. The van der Waals surface area contributed by atoms with E-state index in [9.17, 15) is 15.2 Å². The molecule has 0 radical (unpaired) electrons. The van der Waals surface area contributed by atoms with E-state index in [4.69, 9.17) is 4.74 Å². The minimum atomic E-state index is -0.628. The van der Waals surface area contributed by atoms with E-state index in [0.717, 1.165) is 0 Å². The highest BCUT2D eigenvalue weighted by Gasteiger charge is 2.15. The number of nitrogens with zero attached hydrogens (tertiary/aromatic N) is 3. The molecule has 0 fully saturated rings. The lowest BCUT2D eigenvalue weighted by Crippen LogP contribution is -2.32. The molecule has 0 bridgehead atoms. The van der Waals surface area contributed by atoms with Crippen LogP contribution in [0.1, 0.15) is 5.69 Å². The van der Waals surface area contributed by atoms with Crippen LogP contribution in [0.15, 0.2) is 12.1 Å². The third-order valence-corrected chi connectivity index (χ3v) is 2.47. The van der Waals surface area contributed by atoms with Crippen molar-refractivity contribution in [3.63, 3.8) is 0 Å². The van der Waals surface area contributed by atoms with Gasteiger partial charge in [-0.25, -0.2) is 4.98 Å². The third kappa shape index (κ3) is 3.64. The maximum Gasteiger partial charge on any atom is 0.290 e. The number of hydrogen-bond acceptors (Lipinski definition) is 6. The Morgan fingerprint density at radius 3 is 2.78 bits per heavy atom. The molecule has 1 rings (SSSR count). The van der Waals surface area contributed by atoms with Crippen molar-refractivity contribution >= 4 is 11.5 Å². The molecular weight excluding hydrogens is 238 g/mol. The van der Waals surface area contributed by atoms with Gasteiger partial charge in [0, 0.05) is 26.8 Å². The van der Waals surface area contributed by atoms with E-state index >= 15 is 0 Å². The van der Waals surface area contributed by atoms with Crippen molar-refractivity contribution in [2.45, 2.75) is 13.0 Å². The minimum absolute atomic E-state index is 0.00964. The van der Waals surface area contributed by atoms with Gasteiger partial charge in [0.25, 0.3) is 5.69 Å². The zero-order valence-corrected chi connectivity index (χ0v) is 10.7. The Morgan fingerprint density at radius 1 is 1.61 bits per heavy atom. The molecule has 0 aliphatic rings. The van der Waals surface area contributed by atoms with Gasteiger partial charge in [-0.1, -0.05) is 0 Å². The fourth-order valence-corrected chi connectivity index (χ4v) is 1.60. The van der Waals surface area contributed by atoms with Gasteiger partial charge in [-0.05, 0) is 13.0 Å². The van der Waals surface area contributed by atoms with Gasteiger partial charge in [0.2, 0.25) is 0 Å². The Bertz CT molecular complexity index is 425. The van der Waals surface area contributed by atoms with E-state index in [2.05, 4.69) is 4.98 Å². The van der Waals surface area contributed by atoms with E-state index in [-0.39, 0.29) is 12.3 Å². The Morgan fingerprint density at radius 2 is 2.28 bits per heavy atom. The minimum Gasteiger partial charge on any atom is -0.389 e. The molecule has 0 spiro atoms. The van der Waals surface area contributed by atoms with Crippen LogP contribution in [0.4, 0.5) is 11.5 Å². The molecule has 0 aliphatic heterocycles. The first kappa shape index (κ1) is 14.3. The number of methoxy groups -OCH3 is 1. The largest absolute Gasteiger partial charge is 0.389 e. The molecule has 1 heterocycles. The van der Waals surface area contributed by atoms with E-state index in [1.807, 2.05) is 0 Å². The van der Waals surface area contributed by atoms with Crippen molar-refractivity contribution < 1.29 is 14.8 Å². The lowest BCUT2D eigenvalue weighted by Gasteiger charge is -2.21. The van der Waals surface area contributed by atoms with Crippen LogP contribution in [0, 0.1) is 17.0 Å². The summed E-state index contributed by atoms with van der Waals surface area (Å²) in [5, 5.41) is 20.3. The summed E-state index contributed by atoms with van der Waals surface area (Å²) in [4.78, 5) is 16.1. The van der Waals surface area contributed by atoms with Crippen molar-refractivity contribution in [1.29, 1.82) is 0 Å². The number of rotatable bonds is 6. The topological polar surface area (TPSA) is 88.7 Å². The third-order valence-electron chi connectivity index (χ3n) is 2.47. The SMILES string of the molecule is COCC(O)CN(C)c1ccc([N+](=O)[O-])c(C)n1. The van der Waals surface area contributed by atoms with E-state index in [1.54, 1.807) is 24.9 Å². The smallest absolute Gasteiger partial charge is 0.290 e. The normalized spacial score (nSPS) is 12.2. The Hall–Kier alpha value is -1.73. The van der Waals surface area contributed by atoms with Gasteiger partial charge >= 0.3 is 0 Å². The van der Waals surface area contributed by atoms with Crippen molar-refractivity contribution in [2.24, 2.45) is 0 Å². The second-order valence-electron chi connectivity index (χ2n) is 4.02. The number of ether oxygens (including phenoxy) is 1. The summed E-state index contributed by atoms with van der Waals surface area (Å²) in [7, 11) is 3.27. The van der Waals surface area contributed by atoms with Crippen LogP contribution in [0.2, 0.25) is 0 Å². The number of nitro groups is 1. The summed E-state index contributed by atoms with van der Waals surface area (Å²) in [5.74, 6) is 0.577. The van der Waals surface area contributed by atoms with Crippen molar-refractivity contribution in [2.75, 3.05) is 32.2 Å². The highest BCUT2D eigenvalue weighted by molar-refractivity contribution is 5.46. The van der Waals surface area contributed by atoms with Gasteiger partial charge in [-0.15, -0.1) is 0 Å². The van der Waals surface area contributed by atoms with Crippen LogP contribution in [0.5, 0.6) is 0 Å². The number of anilines is 1. The second kappa shape index (κ2) is 6.27. The summed E-state index contributed by atoms with van der Waals surface area (Å²) >= 11 is 0. The number of aromatic nitrogens is 1. The quantitative estimate of drug-likeness (QED) is 0.595. The first-order valence-electron chi connectivity index (χ1n) is 5.46. The number of hydrogen-bond donors (Lipinski definition) is 1. The average Bonchev–Trinajstić information content (AvgIpc) is 2.28. The number of aliphatic hydroxyl groups is 1. The van der Waals surface area contributed by atoms with Gasteiger partial charge in [-0.2, -0.15) is 0 Å². The summed E-state index contributed by atoms with van der Waals surface area (Å²) in [6, 6.07) is 2.97. The number of pyridine rings is 1. The molecule has 1 aromatic heterocycles. The van der Waals surface area contributed by atoms with E-state index in [0.29, 0.717) is 18.1 Å². The Balaban J connectivity index is 2.78. The summed E-state index contributed by atoms with van der Waals surface area (Å²) < 4.78 is 4.83. The zero-order chi connectivity index (χ0) is 13.7. The van der Waals surface area contributed by atoms with Crippen molar-refractivity contribution in [3.8, 4) is 0 Å². The molecule has 0 aromatic carbocycles. The Labute approximate surface area is 105 Å². The van der Waals surface area contributed by atoms with Gasteiger partial charge < -0.3 is 14.7 Å². The van der Waals surface area contributed by atoms with Gasteiger partial charge in [0.05, 0.1) is 17.6 Å². The molecule has 1 unspecified atom stereocenters. The molecule has 1 atom stereocenters. The zero-order valence-electron chi connectivity index (χ0n) is 10.7. The molecular formula is C11H17N3O4. The van der Waals surface area contributed by atoms with Crippen LogP contribution in [0.3, 0.4) is 0 Å². The first-order valence-corrected chi connectivity index (χ1v) is 5.46. The van der Waals surface area contributed by atoms with Crippen molar-refractivity contribution in [3.05, 3.63) is 27.9 Å². The number of aryl methyl sites for hydroxylation is 1. The monoisotopic (exact) mass is 255 g/mol. The summed E-state index contributed by atoms with van der Waals surface area (Å²) in [6.07, 6.45) is -0.628. The molecule has 0 saturated carbocycles. The van der Waals surface area contributed by atoms with Crippen LogP contribution in [-0.2, 0) is 4.74 Å². The van der Waals surface area contributed by atoms with Crippen molar-refractivity contribution in [1.82, 2.24) is 4.98 Å². The highest BCUT2D eigenvalue weighted by Crippen LogP contribution is 2.19. The fraction of sp³-hybridized carbons (Fsp3) is 0.545. The van der Waals surface area contributed by atoms with Crippen LogP contribution >= 0.6 is 0 Å².